The van der Waals surface area contributed by atoms with Crippen molar-refractivity contribution in [2.75, 3.05) is 0 Å². The highest BCUT2D eigenvalue weighted by Crippen LogP contribution is 2.38. The SMILES string of the molecule is O=C(O)c1ccc(OCc2nc3ccc(Cl)cc3[nH]2)c(OCc2ccc(Br)cc2)c1.O=C(O)c1ccc(OCc2nc3ccc(F)cc3[nH]2)c(OCc2ccc(Br)cc2)c1.O=C(O)c1ccc(OCc2nc3ccc(F)cc3[nH]2)c(OCc2ccc(Cl)cc2)c1.O=C(O)c1ccc(OCc2nc3ccccc3[nH]2)c(OCc2ccc(Br)cc2F)c1.O=C(O)c1ccc(OCc2nc3ccccc3[nH]2)c(OCc2ccc(Cl)cc2)c1. The van der Waals surface area contributed by atoms with Crippen molar-refractivity contribution in [2.24, 2.45) is 0 Å². The predicted octanol–water partition coefficient (Wildman–Crippen LogP) is 26.8. The van der Waals surface area contributed by atoms with Gasteiger partial charge in [-0.2, -0.15) is 0 Å². The number of para-hydroxylation sites is 4. The first kappa shape index (κ1) is 105. The summed E-state index contributed by atoms with van der Waals surface area (Å²) in [6.07, 6.45) is 0. The molecule has 10 N–H and O–H groups in total. The van der Waals surface area contributed by atoms with Gasteiger partial charge in [0.05, 0.1) is 83.0 Å². The third-order valence-corrected chi connectivity index (χ3v) is 24.0. The van der Waals surface area contributed by atoms with E-state index in [0.29, 0.717) is 122 Å². The van der Waals surface area contributed by atoms with E-state index >= 15 is 0 Å². The van der Waals surface area contributed by atoms with Crippen molar-refractivity contribution in [3.05, 3.63) is 440 Å². The second kappa shape index (κ2) is 49.8. The summed E-state index contributed by atoms with van der Waals surface area (Å²) >= 11 is 27.8. The molecule has 0 spiro atoms. The van der Waals surface area contributed by atoms with Gasteiger partial charge in [-0.1, -0.05) is 161 Å². The zero-order valence-corrected chi connectivity index (χ0v) is 84.5. The van der Waals surface area contributed by atoms with Crippen molar-refractivity contribution in [1.82, 2.24) is 49.8 Å². The van der Waals surface area contributed by atoms with E-state index in [-0.39, 0.29) is 117 Å². The Labute approximate surface area is 884 Å². The molecule has 39 heteroatoms. The van der Waals surface area contributed by atoms with Crippen molar-refractivity contribution in [3.63, 3.8) is 0 Å². The zero-order chi connectivity index (χ0) is 105. The number of rotatable bonds is 35. The normalized spacial score (nSPS) is 10.9. The molecule has 5 aromatic heterocycles. The molecule has 30 nitrogen and oxygen atoms in total. The van der Waals surface area contributed by atoms with Gasteiger partial charge >= 0.3 is 29.8 Å². The number of carbonyl (C=O) groups is 5. The van der Waals surface area contributed by atoms with Crippen LogP contribution in [0.4, 0.5) is 13.2 Å². The number of aromatic nitrogens is 10. The molecule has 0 unspecified atom stereocenters. The first-order valence-corrected chi connectivity index (χ1v) is 48.4. The number of carboxylic acids is 5. The number of hydrogen-bond donors (Lipinski definition) is 10. The highest BCUT2D eigenvalue weighted by atomic mass is 79.9. The van der Waals surface area contributed by atoms with Crippen LogP contribution in [0.5, 0.6) is 57.5 Å². The lowest BCUT2D eigenvalue weighted by Gasteiger charge is -2.13. The summed E-state index contributed by atoms with van der Waals surface area (Å²) in [5, 5.41) is 48.3. The summed E-state index contributed by atoms with van der Waals surface area (Å²) in [6.45, 7) is 1.53. The zero-order valence-electron chi connectivity index (χ0n) is 77.5. The summed E-state index contributed by atoms with van der Waals surface area (Å²) in [6, 6.07) is 85.6. The minimum Gasteiger partial charge on any atom is -0.485 e. The molecule has 0 aliphatic heterocycles. The minimum absolute atomic E-state index is 0.0392. The standard InChI is InChI=1S/C22H16BrClN2O4.2C22H16BrFN2O4.C22H16ClFN2O4.C22H17ClN2O4/c2*23-15-4-1-13(2-5-15)11-29-20-9-14(22(27)28)3-8-19(20)30-12-21-25-17-7-6-16(24)10-18(17)26-21;23-15-7-5-14(16(24)10-15)11-29-20-9-13(22(27)28)6-8-19(20)30-12-21-25-17-3-1-2-4-18(17)26-21;23-15-4-1-13(2-5-15)11-29-20-9-14(22(27)28)3-8-19(20)30-12-21-25-17-7-6-16(24)10-18(17)26-21;23-16-8-5-14(6-9-16)12-28-20-11-15(22(26)27)7-10-19(20)29-13-21-24-17-3-1-2-4-18(17)25-21/h4*1-10H,11-12H2,(H,25,26)(H,27,28);1-11H,12-13H2,(H,24,25)(H,26,27). The Bertz CT molecular complexity index is 7690. The van der Waals surface area contributed by atoms with E-state index in [9.17, 15) is 62.7 Å². The number of imidazole rings is 5. The van der Waals surface area contributed by atoms with Gasteiger partial charge in [0.15, 0.2) is 57.5 Å². The highest BCUT2D eigenvalue weighted by Gasteiger charge is 2.22. The summed E-state index contributed by atoms with van der Waals surface area (Å²) in [5.41, 5.74) is 11.9. The number of aromatic carboxylic acids is 5. The largest absolute Gasteiger partial charge is 0.485 e. The molecule has 0 amide bonds. The smallest absolute Gasteiger partial charge is 0.335 e. The van der Waals surface area contributed by atoms with Gasteiger partial charge in [-0.25, -0.2) is 62.1 Å². The first-order valence-electron chi connectivity index (χ1n) is 44.9. The Morgan fingerprint density at radius 2 is 0.490 bits per heavy atom. The Morgan fingerprint density at radius 3 is 0.785 bits per heavy atom. The van der Waals surface area contributed by atoms with E-state index in [1.54, 1.807) is 78.9 Å². The lowest BCUT2D eigenvalue weighted by molar-refractivity contribution is 0.0685. The van der Waals surface area contributed by atoms with Crippen LogP contribution in [0.1, 0.15) is 109 Å². The van der Waals surface area contributed by atoms with Gasteiger partial charge in [0.2, 0.25) is 0 Å². The number of carboxylic acid groups (broad SMARTS) is 5. The van der Waals surface area contributed by atoms with Gasteiger partial charge in [0, 0.05) is 34.0 Å². The lowest BCUT2D eigenvalue weighted by atomic mass is 10.2. The molecule has 0 saturated carbocycles. The van der Waals surface area contributed by atoms with Crippen LogP contribution < -0.4 is 47.4 Å². The fourth-order valence-electron chi connectivity index (χ4n) is 14.3. The van der Waals surface area contributed by atoms with Crippen molar-refractivity contribution >= 4 is 168 Å². The number of nitrogens with zero attached hydrogens (tertiary/aromatic N) is 5. The monoisotopic (exact) mass is 2260 g/mol. The van der Waals surface area contributed by atoms with E-state index < -0.39 is 35.7 Å². The number of halogens is 9. The molecule has 0 aliphatic carbocycles. The van der Waals surface area contributed by atoms with Crippen LogP contribution in [-0.4, -0.2) is 105 Å². The van der Waals surface area contributed by atoms with Crippen LogP contribution in [-0.2, 0) is 66.1 Å². The molecule has 0 atom stereocenters. The highest BCUT2D eigenvalue weighted by molar-refractivity contribution is 9.11. The molecule has 0 aliphatic rings. The molecule has 149 heavy (non-hydrogen) atoms. The van der Waals surface area contributed by atoms with Crippen molar-refractivity contribution in [3.8, 4) is 57.5 Å². The number of benzene rings is 15. The number of nitrogens with one attached hydrogen (secondary N) is 5. The average molecular weight is 2270 g/mol. The van der Waals surface area contributed by atoms with Crippen LogP contribution in [0.25, 0.3) is 55.2 Å². The summed E-state index contributed by atoms with van der Waals surface area (Å²) < 4.78 is 102. The van der Waals surface area contributed by atoms with Crippen molar-refractivity contribution < 1.29 is 110 Å². The van der Waals surface area contributed by atoms with Gasteiger partial charge < -0.3 is 97.8 Å². The number of hydrogen-bond acceptors (Lipinski definition) is 20. The molecule has 0 bridgehead atoms. The molecular formula is C110H81Br3Cl3F3N10O20. The molecule has 20 rings (SSSR count). The van der Waals surface area contributed by atoms with E-state index in [2.05, 4.69) is 97.6 Å². The number of fused-ring (bicyclic) bond motifs is 5. The molecular weight excluding hydrogens is 2180 g/mol. The maximum Gasteiger partial charge on any atom is 0.335 e. The molecule has 5 heterocycles. The van der Waals surface area contributed by atoms with E-state index in [1.165, 1.54) is 103 Å². The van der Waals surface area contributed by atoms with Crippen molar-refractivity contribution in [1.29, 1.82) is 0 Å². The maximum atomic E-state index is 14.1. The average Bonchev–Trinajstić information content (AvgIpc) is 1.81. The second-order valence-corrected chi connectivity index (χ2v) is 36.5. The van der Waals surface area contributed by atoms with E-state index in [0.717, 1.165) is 64.3 Å². The van der Waals surface area contributed by atoms with Crippen LogP contribution in [0.2, 0.25) is 15.1 Å². The number of aromatic amines is 5. The first-order chi connectivity index (χ1) is 72.0. The molecule has 754 valence electrons. The Balaban J connectivity index is 0.000000133. The minimum atomic E-state index is -1.10. The van der Waals surface area contributed by atoms with Crippen LogP contribution in [0.15, 0.2) is 323 Å². The number of H-pyrrole nitrogens is 5. The lowest BCUT2D eigenvalue weighted by Crippen LogP contribution is -2.04. The molecule has 15 aromatic carbocycles. The van der Waals surface area contributed by atoms with Gasteiger partial charge in [-0.3, -0.25) is 0 Å². The van der Waals surface area contributed by atoms with Gasteiger partial charge in [-0.15, -0.1) is 0 Å². The van der Waals surface area contributed by atoms with E-state index in [1.807, 2.05) is 127 Å². The van der Waals surface area contributed by atoms with Crippen LogP contribution in [0.3, 0.4) is 0 Å². The molecule has 20 aromatic rings. The third-order valence-electron chi connectivity index (χ3n) is 21.8. The summed E-state index contributed by atoms with van der Waals surface area (Å²) in [4.78, 5) is 94.3. The van der Waals surface area contributed by atoms with Crippen LogP contribution >= 0.6 is 82.6 Å². The fraction of sp³-hybridized carbons (Fsp3) is 0.0909. The topological polar surface area (TPSA) is 422 Å². The Hall–Kier alpha value is -16.9. The summed E-state index contributed by atoms with van der Waals surface area (Å²) in [5.74, 6) is -0.127. The number of ether oxygens (including phenoxy) is 10. The van der Waals surface area contributed by atoms with Gasteiger partial charge in [-0.05, 0) is 253 Å². The van der Waals surface area contributed by atoms with Gasteiger partial charge in [0.25, 0.3) is 0 Å². The predicted molar refractivity (Wildman–Crippen MR) is 561 cm³/mol. The second-order valence-electron chi connectivity index (χ2n) is 32.4. The summed E-state index contributed by atoms with van der Waals surface area (Å²) in [7, 11) is 0. The molecule has 0 saturated heterocycles. The maximum absolute atomic E-state index is 14.1. The van der Waals surface area contributed by atoms with Gasteiger partial charge in [0.1, 0.15) is 113 Å². The Morgan fingerprint density at radius 1 is 0.242 bits per heavy atom. The van der Waals surface area contributed by atoms with Crippen molar-refractivity contribution in [2.45, 2.75) is 66.1 Å². The molecule has 0 fully saturated rings. The quantitative estimate of drug-likeness (QED) is 0.0176. The third kappa shape index (κ3) is 29.5. The fourth-order valence-corrected chi connectivity index (χ4v) is 15.6. The van der Waals surface area contributed by atoms with E-state index in [4.69, 9.17) is 82.2 Å². The molecule has 0 radical (unpaired) electrons. The van der Waals surface area contributed by atoms with Crippen LogP contribution in [0, 0.1) is 17.5 Å². The Kier molecular flexibility index (Phi) is 35.1.